The summed E-state index contributed by atoms with van der Waals surface area (Å²) in [6.07, 6.45) is 3.70. The van der Waals surface area contributed by atoms with Crippen molar-refractivity contribution in [2.45, 2.75) is 44.2 Å². The van der Waals surface area contributed by atoms with Crippen molar-refractivity contribution in [2.24, 2.45) is 11.7 Å². The zero-order chi connectivity index (χ0) is 13.0. The minimum atomic E-state index is -0.471. The minimum absolute atomic E-state index is 0.0743. The molecule has 0 aromatic carbocycles. The maximum atomic E-state index is 12.1. The van der Waals surface area contributed by atoms with E-state index < -0.39 is 6.10 Å². The van der Waals surface area contributed by atoms with E-state index in [1.165, 1.54) is 0 Å². The van der Waals surface area contributed by atoms with Crippen molar-refractivity contribution in [1.82, 2.24) is 5.32 Å². The lowest BCUT2D eigenvalue weighted by atomic mass is 9.77. The highest BCUT2D eigenvalue weighted by Gasteiger charge is 2.36. The van der Waals surface area contributed by atoms with E-state index in [1.54, 1.807) is 0 Å². The van der Waals surface area contributed by atoms with Crippen molar-refractivity contribution in [3.05, 3.63) is 0 Å². The molecule has 5 heteroatoms. The van der Waals surface area contributed by atoms with Crippen LogP contribution in [0.3, 0.4) is 0 Å². The summed E-state index contributed by atoms with van der Waals surface area (Å²) in [4.78, 5) is 12.1. The third-order valence-electron chi connectivity index (χ3n) is 4.12. The van der Waals surface area contributed by atoms with E-state index in [0.717, 1.165) is 31.6 Å². The van der Waals surface area contributed by atoms with Crippen LogP contribution in [-0.4, -0.2) is 43.9 Å². The summed E-state index contributed by atoms with van der Waals surface area (Å²) in [5.41, 5.74) is 5.64. The van der Waals surface area contributed by atoms with Crippen LogP contribution >= 0.6 is 0 Å². The highest BCUT2D eigenvalue weighted by Crippen LogP contribution is 2.31. The highest BCUT2D eigenvalue weighted by molar-refractivity contribution is 5.81. The van der Waals surface area contributed by atoms with Crippen LogP contribution in [0.5, 0.6) is 0 Å². The smallest absolute Gasteiger partial charge is 0.252 e. The van der Waals surface area contributed by atoms with Crippen LogP contribution in [0.15, 0.2) is 0 Å². The number of ether oxygens (including phenoxy) is 2. The SMILES string of the molecule is CC1CCC(CN)(NC(=O)C2COCCO2)CC1. The van der Waals surface area contributed by atoms with Gasteiger partial charge in [0.05, 0.1) is 25.4 Å². The Bertz CT molecular complexity index is 282. The fourth-order valence-electron chi connectivity index (χ4n) is 2.68. The van der Waals surface area contributed by atoms with Gasteiger partial charge in [0.15, 0.2) is 6.10 Å². The summed E-state index contributed by atoms with van der Waals surface area (Å²) in [5, 5.41) is 3.10. The molecule has 0 aromatic rings. The van der Waals surface area contributed by atoms with Gasteiger partial charge in [-0.15, -0.1) is 0 Å². The molecule has 2 fully saturated rings. The van der Waals surface area contributed by atoms with Gasteiger partial charge in [0.25, 0.3) is 5.91 Å². The zero-order valence-electron chi connectivity index (χ0n) is 11.1. The highest BCUT2D eigenvalue weighted by atomic mass is 16.6. The van der Waals surface area contributed by atoms with E-state index in [0.29, 0.717) is 26.4 Å². The number of amides is 1. The van der Waals surface area contributed by atoms with Crippen molar-refractivity contribution < 1.29 is 14.3 Å². The molecule has 0 radical (unpaired) electrons. The van der Waals surface area contributed by atoms with Crippen LogP contribution in [-0.2, 0) is 14.3 Å². The molecule has 1 saturated carbocycles. The van der Waals surface area contributed by atoms with Crippen LogP contribution < -0.4 is 11.1 Å². The quantitative estimate of drug-likeness (QED) is 0.768. The van der Waals surface area contributed by atoms with Crippen molar-refractivity contribution in [2.75, 3.05) is 26.4 Å². The van der Waals surface area contributed by atoms with Crippen molar-refractivity contribution in [1.29, 1.82) is 0 Å². The van der Waals surface area contributed by atoms with Gasteiger partial charge in [0.1, 0.15) is 0 Å². The minimum Gasteiger partial charge on any atom is -0.376 e. The largest absolute Gasteiger partial charge is 0.376 e. The first kappa shape index (κ1) is 13.8. The summed E-state index contributed by atoms with van der Waals surface area (Å²) >= 11 is 0. The van der Waals surface area contributed by atoms with E-state index >= 15 is 0 Å². The van der Waals surface area contributed by atoms with Gasteiger partial charge < -0.3 is 20.5 Å². The van der Waals surface area contributed by atoms with E-state index in [-0.39, 0.29) is 11.4 Å². The van der Waals surface area contributed by atoms with Gasteiger partial charge in [0, 0.05) is 6.54 Å². The molecule has 0 spiro atoms. The van der Waals surface area contributed by atoms with E-state index in [4.69, 9.17) is 15.2 Å². The number of hydrogen-bond acceptors (Lipinski definition) is 4. The molecule has 1 aliphatic carbocycles. The Hall–Kier alpha value is -0.650. The molecule has 18 heavy (non-hydrogen) atoms. The monoisotopic (exact) mass is 256 g/mol. The third kappa shape index (κ3) is 3.22. The van der Waals surface area contributed by atoms with Gasteiger partial charge in [-0.2, -0.15) is 0 Å². The average Bonchev–Trinajstić information content (AvgIpc) is 2.43. The first-order valence-electron chi connectivity index (χ1n) is 6.87. The molecule has 1 unspecified atom stereocenters. The van der Waals surface area contributed by atoms with E-state index in [2.05, 4.69) is 12.2 Å². The number of rotatable bonds is 3. The average molecular weight is 256 g/mol. The van der Waals surface area contributed by atoms with Gasteiger partial charge in [-0.3, -0.25) is 4.79 Å². The second-order valence-corrected chi connectivity index (χ2v) is 5.59. The molecule has 2 rings (SSSR count). The van der Waals surface area contributed by atoms with Crippen molar-refractivity contribution >= 4 is 5.91 Å². The van der Waals surface area contributed by atoms with E-state index in [9.17, 15) is 4.79 Å². The summed E-state index contributed by atoms with van der Waals surface area (Å²) in [6, 6.07) is 0. The van der Waals surface area contributed by atoms with E-state index in [1.807, 2.05) is 0 Å². The molecule has 3 N–H and O–H groups in total. The van der Waals surface area contributed by atoms with Crippen LogP contribution in [0.25, 0.3) is 0 Å². The Balaban J connectivity index is 1.90. The van der Waals surface area contributed by atoms with Gasteiger partial charge in [0.2, 0.25) is 0 Å². The number of carbonyl (C=O) groups excluding carboxylic acids is 1. The predicted molar refractivity (Wildman–Crippen MR) is 68.1 cm³/mol. The Morgan fingerprint density at radius 1 is 1.39 bits per heavy atom. The first-order chi connectivity index (χ1) is 8.65. The topological polar surface area (TPSA) is 73.6 Å². The molecular formula is C13H24N2O3. The van der Waals surface area contributed by atoms with Crippen LogP contribution in [0.1, 0.15) is 32.6 Å². The second-order valence-electron chi connectivity index (χ2n) is 5.59. The second kappa shape index (κ2) is 5.99. The Kier molecular flexibility index (Phi) is 4.59. The molecule has 0 aromatic heterocycles. The van der Waals surface area contributed by atoms with Crippen molar-refractivity contribution in [3.8, 4) is 0 Å². The molecule has 5 nitrogen and oxygen atoms in total. The maximum absolute atomic E-state index is 12.1. The number of nitrogens with one attached hydrogen (secondary N) is 1. The fraction of sp³-hybridized carbons (Fsp3) is 0.923. The zero-order valence-corrected chi connectivity index (χ0v) is 11.1. The van der Waals surface area contributed by atoms with Crippen LogP contribution in [0.2, 0.25) is 0 Å². The van der Waals surface area contributed by atoms with Gasteiger partial charge in [-0.05, 0) is 31.6 Å². The molecule has 1 amide bonds. The number of nitrogens with two attached hydrogens (primary N) is 1. The lowest BCUT2D eigenvalue weighted by Gasteiger charge is -2.40. The number of hydrogen-bond donors (Lipinski definition) is 2. The Morgan fingerprint density at radius 2 is 2.11 bits per heavy atom. The molecule has 1 aliphatic heterocycles. The maximum Gasteiger partial charge on any atom is 0.252 e. The third-order valence-corrected chi connectivity index (χ3v) is 4.12. The standard InChI is InChI=1S/C13H24N2O3/c1-10-2-4-13(9-14,5-3-10)15-12(16)11-8-17-6-7-18-11/h10-11H,2-9,14H2,1H3,(H,15,16). The van der Waals surface area contributed by atoms with Crippen LogP contribution in [0.4, 0.5) is 0 Å². The molecule has 0 bridgehead atoms. The summed E-state index contributed by atoms with van der Waals surface area (Å²) < 4.78 is 10.7. The summed E-state index contributed by atoms with van der Waals surface area (Å²) in [6.45, 7) is 4.16. The first-order valence-corrected chi connectivity index (χ1v) is 6.87. The van der Waals surface area contributed by atoms with Gasteiger partial charge in [-0.1, -0.05) is 6.92 Å². The van der Waals surface area contributed by atoms with Gasteiger partial charge >= 0.3 is 0 Å². The van der Waals surface area contributed by atoms with Gasteiger partial charge in [-0.25, -0.2) is 0 Å². The number of carbonyl (C=O) groups is 1. The molecule has 1 saturated heterocycles. The summed E-state index contributed by atoms with van der Waals surface area (Å²) in [5.74, 6) is 0.658. The molecular weight excluding hydrogens is 232 g/mol. The normalized spacial score (nSPS) is 37.2. The molecule has 1 atom stereocenters. The predicted octanol–water partition coefficient (Wildman–Crippen LogP) is 0.426. The summed E-state index contributed by atoms with van der Waals surface area (Å²) in [7, 11) is 0. The Labute approximate surface area is 108 Å². The molecule has 104 valence electrons. The molecule has 2 aliphatic rings. The van der Waals surface area contributed by atoms with Crippen LogP contribution in [0, 0.1) is 5.92 Å². The van der Waals surface area contributed by atoms with Crippen molar-refractivity contribution in [3.63, 3.8) is 0 Å². The lowest BCUT2D eigenvalue weighted by Crippen LogP contribution is -2.58. The molecule has 1 heterocycles. The Morgan fingerprint density at radius 3 is 2.67 bits per heavy atom. The fourth-order valence-corrected chi connectivity index (χ4v) is 2.68. The lowest BCUT2D eigenvalue weighted by molar-refractivity contribution is -0.149.